The van der Waals surface area contributed by atoms with Crippen molar-refractivity contribution in [3.8, 4) is 5.75 Å². The van der Waals surface area contributed by atoms with E-state index in [2.05, 4.69) is 0 Å². The third kappa shape index (κ3) is 3.99. The summed E-state index contributed by atoms with van der Waals surface area (Å²) in [6.07, 6.45) is 1.76. The molecule has 2 heterocycles. The van der Waals surface area contributed by atoms with Crippen LogP contribution in [0.15, 0.2) is 24.3 Å². The lowest BCUT2D eigenvalue weighted by molar-refractivity contribution is -0.146. The second-order valence-corrected chi connectivity index (χ2v) is 6.86. The first-order chi connectivity index (χ1) is 11.5. The zero-order valence-corrected chi connectivity index (χ0v) is 14.2. The quantitative estimate of drug-likeness (QED) is 0.862. The van der Waals surface area contributed by atoms with Gasteiger partial charge in [0.25, 0.3) is 0 Å². The molecule has 6 nitrogen and oxygen atoms in total. The van der Waals surface area contributed by atoms with E-state index in [1.807, 2.05) is 28.0 Å². The van der Waals surface area contributed by atoms with Gasteiger partial charge in [-0.1, -0.05) is 23.7 Å². The number of piperidine rings is 1. The number of amides is 2. The molecule has 130 valence electrons. The zero-order chi connectivity index (χ0) is 17.1. The van der Waals surface area contributed by atoms with Crippen molar-refractivity contribution in [2.24, 2.45) is 11.7 Å². The molecular formula is C17H22ClN3O3. The first-order valence-electron chi connectivity index (χ1n) is 8.23. The highest BCUT2D eigenvalue weighted by Gasteiger charge is 2.37. The van der Waals surface area contributed by atoms with E-state index in [4.69, 9.17) is 22.1 Å². The van der Waals surface area contributed by atoms with E-state index in [0.717, 1.165) is 19.4 Å². The molecule has 0 spiro atoms. The number of nitrogens with two attached hydrogens (primary N) is 1. The van der Waals surface area contributed by atoms with Gasteiger partial charge in [0.05, 0.1) is 30.6 Å². The molecule has 7 heteroatoms. The maximum atomic E-state index is 12.6. The summed E-state index contributed by atoms with van der Waals surface area (Å²) in [7, 11) is 0. The van der Waals surface area contributed by atoms with Crippen molar-refractivity contribution in [1.82, 2.24) is 9.80 Å². The Labute approximate surface area is 146 Å². The lowest BCUT2D eigenvalue weighted by Gasteiger charge is -2.42. The van der Waals surface area contributed by atoms with Crippen LogP contribution in [0.4, 0.5) is 0 Å². The van der Waals surface area contributed by atoms with E-state index in [-0.39, 0.29) is 30.4 Å². The normalized spacial score (nSPS) is 22.0. The van der Waals surface area contributed by atoms with E-state index in [1.54, 1.807) is 6.07 Å². The SMILES string of the molecule is NC(=O)CN1CCCC(C(=O)N2CC(Oc3ccccc3Cl)C2)C1. The van der Waals surface area contributed by atoms with Crippen LogP contribution in [-0.4, -0.2) is 60.4 Å². The molecule has 2 fully saturated rings. The van der Waals surface area contributed by atoms with Crippen LogP contribution in [0, 0.1) is 5.92 Å². The number of carbonyl (C=O) groups excluding carboxylic acids is 2. The molecule has 1 aromatic rings. The summed E-state index contributed by atoms with van der Waals surface area (Å²) >= 11 is 6.08. The highest BCUT2D eigenvalue weighted by Crippen LogP contribution is 2.28. The van der Waals surface area contributed by atoms with E-state index < -0.39 is 0 Å². The molecule has 1 aromatic carbocycles. The van der Waals surface area contributed by atoms with Crippen LogP contribution in [0.5, 0.6) is 5.75 Å². The molecule has 0 saturated carbocycles. The van der Waals surface area contributed by atoms with Gasteiger partial charge < -0.3 is 15.4 Å². The lowest BCUT2D eigenvalue weighted by atomic mass is 9.95. The van der Waals surface area contributed by atoms with Crippen molar-refractivity contribution in [2.45, 2.75) is 18.9 Å². The molecule has 1 atom stereocenters. The number of carbonyl (C=O) groups is 2. The molecule has 0 radical (unpaired) electrons. The molecule has 0 aromatic heterocycles. The van der Waals surface area contributed by atoms with Crippen molar-refractivity contribution in [3.05, 3.63) is 29.3 Å². The Kier molecular flexibility index (Phi) is 5.26. The van der Waals surface area contributed by atoms with Crippen LogP contribution in [0.1, 0.15) is 12.8 Å². The number of para-hydroxylation sites is 1. The second kappa shape index (κ2) is 7.40. The largest absolute Gasteiger partial charge is 0.485 e. The maximum Gasteiger partial charge on any atom is 0.231 e. The maximum absolute atomic E-state index is 12.6. The minimum atomic E-state index is -0.347. The highest BCUT2D eigenvalue weighted by molar-refractivity contribution is 6.32. The molecule has 3 rings (SSSR count). The predicted octanol–water partition coefficient (Wildman–Crippen LogP) is 1.13. The number of hydrogen-bond acceptors (Lipinski definition) is 4. The average Bonchev–Trinajstić information content (AvgIpc) is 2.51. The second-order valence-electron chi connectivity index (χ2n) is 6.45. The topological polar surface area (TPSA) is 75.9 Å². The number of nitrogens with zero attached hydrogens (tertiary/aromatic N) is 2. The third-order valence-corrected chi connectivity index (χ3v) is 4.84. The van der Waals surface area contributed by atoms with Gasteiger partial charge in [0.2, 0.25) is 11.8 Å². The summed E-state index contributed by atoms with van der Waals surface area (Å²) in [4.78, 5) is 27.4. The van der Waals surface area contributed by atoms with Crippen molar-refractivity contribution >= 4 is 23.4 Å². The van der Waals surface area contributed by atoms with Gasteiger partial charge >= 0.3 is 0 Å². The van der Waals surface area contributed by atoms with Crippen LogP contribution >= 0.6 is 11.6 Å². The molecule has 0 bridgehead atoms. The molecule has 2 N–H and O–H groups in total. The molecule has 0 aliphatic carbocycles. The molecule has 2 aliphatic heterocycles. The summed E-state index contributed by atoms with van der Waals surface area (Å²) in [5.74, 6) is 0.393. The fourth-order valence-corrected chi connectivity index (χ4v) is 3.47. The highest BCUT2D eigenvalue weighted by atomic mass is 35.5. The zero-order valence-electron chi connectivity index (χ0n) is 13.5. The van der Waals surface area contributed by atoms with Gasteiger partial charge in [-0.3, -0.25) is 14.5 Å². The predicted molar refractivity (Wildman–Crippen MR) is 90.8 cm³/mol. The van der Waals surface area contributed by atoms with Crippen LogP contribution in [0.2, 0.25) is 5.02 Å². The van der Waals surface area contributed by atoms with E-state index in [9.17, 15) is 9.59 Å². The Morgan fingerprint density at radius 3 is 2.71 bits per heavy atom. The van der Waals surface area contributed by atoms with Gasteiger partial charge in [0, 0.05) is 6.54 Å². The van der Waals surface area contributed by atoms with Crippen molar-refractivity contribution in [1.29, 1.82) is 0 Å². The lowest BCUT2D eigenvalue weighted by Crippen LogP contribution is -2.59. The summed E-state index contributed by atoms with van der Waals surface area (Å²) in [5.41, 5.74) is 5.24. The first-order valence-corrected chi connectivity index (χ1v) is 8.61. The van der Waals surface area contributed by atoms with Crippen molar-refractivity contribution in [3.63, 3.8) is 0 Å². The minimum Gasteiger partial charge on any atom is -0.485 e. The Morgan fingerprint density at radius 2 is 2.00 bits per heavy atom. The fourth-order valence-electron chi connectivity index (χ4n) is 3.29. The molecular weight excluding hydrogens is 330 g/mol. The summed E-state index contributed by atoms with van der Waals surface area (Å²) in [6.45, 7) is 2.81. The number of ether oxygens (including phenoxy) is 1. The van der Waals surface area contributed by atoms with E-state index in [0.29, 0.717) is 30.4 Å². The molecule has 24 heavy (non-hydrogen) atoms. The Hall–Kier alpha value is -1.79. The molecule has 2 saturated heterocycles. The van der Waals surface area contributed by atoms with Gasteiger partial charge in [-0.2, -0.15) is 0 Å². The minimum absolute atomic E-state index is 0.0147. The van der Waals surface area contributed by atoms with Gasteiger partial charge in [-0.25, -0.2) is 0 Å². The van der Waals surface area contributed by atoms with Gasteiger partial charge in [-0.05, 0) is 31.5 Å². The van der Waals surface area contributed by atoms with Crippen molar-refractivity contribution < 1.29 is 14.3 Å². The summed E-state index contributed by atoms with van der Waals surface area (Å²) in [5, 5.41) is 0.580. The number of likely N-dealkylation sites (tertiary alicyclic amines) is 2. The number of hydrogen-bond donors (Lipinski definition) is 1. The molecule has 2 amide bonds. The first kappa shape index (κ1) is 17.0. The van der Waals surface area contributed by atoms with Crippen LogP contribution in [0.25, 0.3) is 0 Å². The summed E-state index contributed by atoms with van der Waals surface area (Å²) in [6, 6.07) is 7.34. The van der Waals surface area contributed by atoms with Gasteiger partial charge in [0.1, 0.15) is 11.9 Å². The number of rotatable bonds is 5. The number of halogens is 1. The van der Waals surface area contributed by atoms with Crippen LogP contribution in [-0.2, 0) is 9.59 Å². The van der Waals surface area contributed by atoms with Crippen LogP contribution in [0.3, 0.4) is 0 Å². The summed E-state index contributed by atoms with van der Waals surface area (Å²) < 4.78 is 5.83. The average molecular weight is 352 g/mol. The number of primary amides is 1. The molecule has 1 unspecified atom stereocenters. The Balaban J connectivity index is 1.48. The Morgan fingerprint density at radius 1 is 1.25 bits per heavy atom. The van der Waals surface area contributed by atoms with Gasteiger partial charge in [0.15, 0.2) is 0 Å². The number of benzene rings is 1. The van der Waals surface area contributed by atoms with E-state index >= 15 is 0 Å². The molecule has 2 aliphatic rings. The smallest absolute Gasteiger partial charge is 0.231 e. The standard InChI is InChI=1S/C17H22ClN3O3/c18-14-5-1-2-6-15(14)24-13-9-21(10-13)17(23)12-4-3-7-20(8-12)11-16(19)22/h1-2,5-6,12-13H,3-4,7-11H2,(H2,19,22). The fraction of sp³-hybridized carbons (Fsp3) is 0.529. The van der Waals surface area contributed by atoms with Gasteiger partial charge in [-0.15, -0.1) is 0 Å². The monoisotopic (exact) mass is 351 g/mol. The van der Waals surface area contributed by atoms with Crippen LogP contribution < -0.4 is 10.5 Å². The Bertz CT molecular complexity index is 619. The van der Waals surface area contributed by atoms with Crippen molar-refractivity contribution in [2.75, 3.05) is 32.7 Å². The third-order valence-electron chi connectivity index (χ3n) is 4.52. The van der Waals surface area contributed by atoms with E-state index in [1.165, 1.54) is 0 Å².